The maximum absolute atomic E-state index is 12.4. The lowest BCUT2D eigenvalue weighted by Crippen LogP contribution is -2.41. The van der Waals surface area contributed by atoms with Gasteiger partial charge in [-0.3, -0.25) is 9.69 Å². The minimum atomic E-state index is -0.0515. The van der Waals surface area contributed by atoms with Gasteiger partial charge in [-0.15, -0.1) is 0 Å². The highest BCUT2D eigenvalue weighted by Gasteiger charge is 2.26. The molecule has 1 N–H and O–H groups in total. The molecule has 5 heteroatoms. The van der Waals surface area contributed by atoms with E-state index in [-0.39, 0.29) is 11.9 Å². The standard InChI is InChI=1S/C19H23BrN2O2/c1-14-8-10-22(11-9-14)17(18-3-2-12-24-18)13-21-19(23)15-4-6-16(20)7-5-15/h2-7,12,14,17H,8-11,13H2,1H3,(H,21,23). The van der Waals surface area contributed by atoms with E-state index in [9.17, 15) is 4.79 Å². The van der Waals surface area contributed by atoms with Crippen LogP contribution < -0.4 is 5.32 Å². The zero-order chi connectivity index (χ0) is 16.9. The molecule has 1 atom stereocenters. The van der Waals surface area contributed by atoms with Crippen molar-refractivity contribution in [3.8, 4) is 0 Å². The highest BCUT2D eigenvalue weighted by atomic mass is 79.9. The molecule has 1 unspecified atom stereocenters. The summed E-state index contributed by atoms with van der Waals surface area (Å²) in [6.45, 7) is 4.94. The number of halogens is 1. The van der Waals surface area contributed by atoms with Gasteiger partial charge in [-0.05, 0) is 68.2 Å². The van der Waals surface area contributed by atoms with Crippen LogP contribution in [0.3, 0.4) is 0 Å². The molecule has 1 saturated heterocycles. The predicted octanol–water partition coefficient (Wildman–Crippen LogP) is 4.25. The average molecular weight is 391 g/mol. The highest BCUT2D eigenvalue weighted by Crippen LogP contribution is 2.26. The SMILES string of the molecule is CC1CCN(C(CNC(=O)c2ccc(Br)cc2)c2ccco2)CC1. The number of nitrogens with one attached hydrogen (secondary N) is 1. The van der Waals surface area contributed by atoms with Gasteiger partial charge in [-0.1, -0.05) is 22.9 Å². The summed E-state index contributed by atoms with van der Waals surface area (Å²) in [5.41, 5.74) is 0.670. The number of rotatable bonds is 5. The minimum Gasteiger partial charge on any atom is -0.468 e. The van der Waals surface area contributed by atoms with E-state index < -0.39 is 0 Å². The van der Waals surface area contributed by atoms with E-state index >= 15 is 0 Å². The number of furan rings is 1. The van der Waals surface area contributed by atoms with Crippen molar-refractivity contribution < 1.29 is 9.21 Å². The van der Waals surface area contributed by atoms with Crippen LogP contribution in [0.5, 0.6) is 0 Å². The van der Waals surface area contributed by atoms with E-state index in [2.05, 4.69) is 33.1 Å². The summed E-state index contributed by atoms with van der Waals surface area (Å²) in [7, 11) is 0. The lowest BCUT2D eigenvalue weighted by atomic mass is 9.97. The molecule has 1 amide bonds. The summed E-state index contributed by atoms with van der Waals surface area (Å²) >= 11 is 3.39. The first kappa shape index (κ1) is 17.2. The van der Waals surface area contributed by atoms with Crippen LogP contribution in [-0.2, 0) is 0 Å². The number of hydrogen-bond acceptors (Lipinski definition) is 3. The van der Waals surface area contributed by atoms with Gasteiger partial charge in [0.25, 0.3) is 5.91 Å². The number of hydrogen-bond donors (Lipinski definition) is 1. The summed E-state index contributed by atoms with van der Waals surface area (Å²) in [5, 5.41) is 3.06. The van der Waals surface area contributed by atoms with E-state index in [1.165, 1.54) is 12.8 Å². The third-order valence-corrected chi connectivity index (χ3v) is 5.22. The molecule has 128 valence electrons. The van der Waals surface area contributed by atoms with Gasteiger partial charge in [0.2, 0.25) is 0 Å². The lowest BCUT2D eigenvalue weighted by molar-refractivity contribution is 0.0895. The van der Waals surface area contributed by atoms with Crippen molar-refractivity contribution in [3.63, 3.8) is 0 Å². The van der Waals surface area contributed by atoms with Gasteiger partial charge < -0.3 is 9.73 Å². The van der Waals surface area contributed by atoms with Crippen molar-refractivity contribution in [1.82, 2.24) is 10.2 Å². The Kier molecular flexibility index (Phi) is 5.74. The minimum absolute atomic E-state index is 0.0515. The van der Waals surface area contributed by atoms with Crippen LogP contribution in [0.2, 0.25) is 0 Å². The topological polar surface area (TPSA) is 45.5 Å². The molecular formula is C19H23BrN2O2. The number of piperidine rings is 1. The van der Waals surface area contributed by atoms with Gasteiger partial charge in [-0.25, -0.2) is 0 Å². The summed E-state index contributed by atoms with van der Waals surface area (Å²) in [4.78, 5) is 14.8. The van der Waals surface area contributed by atoms with Gasteiger partial charge in [0.1, 0.15) is 5.76 Å². The van der Waals surface area contributed by atoms with Gasteiger partial charge >= 0.3 is 0 Å². The predicted molar refractivity (Wildman–Crippen MR) is 97.9 cm³/mol. The van der Waals surface area contributed by atoms with Crippen molar-refractivity contribution in [2.45, 2.75) is 25.8 Å². The fourth-order valence-corrected chi connectivity index (χ4v) is 3.39. The van der Waals surface area contributed by atoms with Crippen molar-refractivity contribution in [2.24, 2.45) is 5.92 Å². The normalized spacial score (nSPS) is 17.6. The maximum atomic E-state index is 12.4. The van der Waals surface area contributed by atoms with Crippen LogP contribution in [0.4, 0.5) is 0 Å². The summed E-state index contributed by atoms with van der Waals surface area (Å²) in [6.07, 6.45) is 4.08. The van der Waals surface area contributed by atoms with Crippen LogP contribution in [0.15, 0.2) is 51.6 Å². The molecule has 3 rings (SSSR count). The van der Waals surface area contributed by atoms with Crippen LogP contribution in [0, 0.1) is 5.92 Å². The fourth-order valence-electron chi connectivity index (χ4n) is 3.12. The number of benzene rings is 1. The molecule has 1 fully saturated rings. The molecule has 24 heavy (non-hydrogen) atoms. The molecule has 1 aliphatic heterocycles. The lowest BCUT2D eigenvalue weighted by Gasteiger charge is -2.35. The summed E-state index contributed by atoms with van der Waals surface area (Å²) < 4.78 is 6.60. The number of likely N-dealkylation sites (tertiary alicyclic amines) is 1. The fraction of sp³-hybridized carbons (Fsp3) is 0.421. The molecule has 2 aromatic rings. The van der Waals surface area contributed by atoms with Crippen LogP contribution in [0.25, 0.3) is 0 Å². The van der Waals surface area contributed by atoms with Crippen LogP contribution in [0.1, 0.15) is 41.9 Å². The Labute approximate surface area is 151 Å². The second-order valence-electron chi connectivity index (χ2n) is 6.47. The highest BCUT2D eigenvalue weighted by molar-refractivity contribution is 9.10. The molecule has 1 aliphatic rings. The van der Waals surface area contributed by atoms with E-state index in [4.69, 9.17) is 4.42 Å². The zero-order valence-corrected chi connectivity index (χ0v) is 15.5. The Morgan fingerprint density at radius 2 is 2.00 bits per heavy atom. The van der Waals surface area contributed by atoms with E-state index in [1.807, 2.05) is 36.4 Å². The van der Waals surface area contributed by atoms with Gasteiger partial charge in [0, 0.05) is 16.6 Å². The summed E-state index contributed by atoms with van der Waals surface area (Å²) in [6, 6.07) is 11.4. The molecule has 0 spiro atoms. The zero-order valence-electron chi connectivity index (χ0n) is 13.9. The van der Waals surface area contributed by atoms with Crippen LogP contribution in [-0.4, -0.2) is 30.4 Å². The van der Waals surface area contributed by atoms with Gasteiger partial charge in [0.15, 0.2) is 0 Å². The Bertz CT molecular complexity index is 647. The van der Waals surface area contributed by atoms with Gasteiger partial charge in [-0.2, -0.15) is 0 Å². The van der Waals surface area contributed by atoms with E-state index in [0.29, 0.717) is 12.1 Å². The maximum Gasteiger partial charge on any atom is 0.251 e. The summed E-state index contributed by atoms with van der Waals surface area (Å²) in [5.74, 6) is 1.64. The monoisotopic (exact) mass is 390 g/mol. The molecule has 4 nitrogen and oxygen atoms in total. The first-order valence-corrected chi connectivity index (χ1v) is 9.24. The number of amides is 1. The molecule has 1 aromatic heterocycles. The Morgan fingerprint density at radius 3 is 2.62 bits per heavy atom. The molecule has 0 radical (unpaired) electrons. The molecule has 0 bridgehead atoms. The first-order valence-electron chi connectivity index (χ1n) is 8.44. The molecule has 2 heterocycles. The van der Waals surface area contributed by atoms with Crippen molar-refractivity contribution in [3.05, 3.63) is 58.5 Å². The van der Waals surface area contributed by atoms with Gasteiger partial charge in [0.05, 0.1) is 12.3 Å². The Hall–Kier alpha value is -1.59. The molecule has 1 aromatic carbocycles. The number of carbonyl (C=O) groups excluding carboxylic acids is 1. The van der Waals surface area contributed by atoms with E-state index in [1.54, 1.807) is 6.26 Å². The second-order valence-corrected chi connectivity index (χ2v) is 7.38. The van der Waals surface area contributed by atoms with Crippen molar-refractivity contribution in [2.75, 3.05) is 19.6 Å². The van der Waals surface area contributed by atoms with Crippen LogP contribution >= 0.6 is 15.9 Å². The second kappa shape index (κ2) is 7.99. The Balaban J connectivity index is 1.66. The van der Waals surface area contributed by atoms with Crippen molar-refractivity contribution in [1.29, 1.82) is 0 Å². The average Bonchev–Trinajstić information content (AvgIpc) is 3.11. The third-order valence-electron chi connectivity index (χ3n) is 4.69. The quantitative estimate of drug-likeness (QED) is 0.829. The largest absolute Gasteiger partial charge is 0.468 e. The first-order chi connectivity index (χ1) is 11.6. The third kappa shape index (κ3) is 4.28. The van der Waals surface area contributed by atoms with E-state index in [0.717, 1.165) is 29.2 Å². The Morgan fingerprint density at radius 1 is 1.29 bits per heavy atom. The number of nitrogens with zero attached hydrogens (tertiary/aromatic N) is 1. The number of carbonyl (C=O) groups is 1. The molecule has 0 aliphatic carbocycles. The molecule has 0 saturated carbocycles. The van der Waals surface area contributed by atoms with Crippen molar-refractivity contribution >= 4 is 21.8 Å². The molecular weight excluding hydrogens is 368 g/mol. The smallest absolute Gasteiger partial charge is 0.251 e.